The van der Waals surface area contributed by atoms with Crippen LogP contribution in [-0.2, 0) is 19.7 Å². The third-order valence-corrected chi connectivity index (χ3v) is 9.51. The molecule has 1 amide bonds. The van der Waals surface area contributed by atoms with Crippen LogP contribution in [0.15, 0.2) is 34.9 Å². The Labute approximate surface area is 219 Å². The van der Waals surface area contributed by atoms with Gasteiger partial charge in [-0.2, -0.15) is 4.98 Å². The lowest BCUT2D eigenvalue weighted by Gasteiger charge is -2.56. The topological polar surface area (TPSA) is 85.5 Å². The van der Waals surface area contributed by atoms with E-state index in [2.05, 4.69) is 22.0 Å². The summed E-state index contributed by atoms with van der Waals surface area (Å²) in [4.78, 5) is 32.5. The van der Waals surface area contributed by atoms with Crippen LogP contribution < -0.4 is 4.90 Å². The van der Waals surface area contributed by atoms with Gasteiger partial charge in [0, 0.05) is 29.1 Å². The second kappa shape index (κ2) is 10.4. The van der Waals surface area contributed by atoms with Gasteiger partial charge in [-0.25, -0.2) is 4.79 Å². The van der Waals surface area contributed by atoms with Gasteiger partial charge in [0.25, 0.3) is 0 Å². The minimum Gasteiger partial charge on any atom is -0.466 e. The number of hydrogen-bond donors (Lipinski definition) is 0. The Bertz CT molecular complexity index is 1140. The number of carbonyl (C=O) groups excluding carboxylic acids is 2. The number of rotatable bonds is 7. The van der Waals surface area contributed by atoms with Crippen LogP contribution in [0.4, 0.5) is 5.69 Å². The predicted octanol–water partition coefficient (Wildman–Crippen LogP) is 6.16. The molecule has 1 atom stereocenters. The molecule has 0 spiro atoms. The number of nitrogens with zero attached hydrogens (tertiary/aromatic N) is 3. The van der Waals surface area contributed by atoms with Gasteiger partial charge in [0.1, 0.15) is 0 Å². The number of hydrogen-bond acceptors (Lipinski definition) is 6. The second-order valence-corrected chi connectivity index (χ2v) is 11.5. The molecule has 7 heteroatoms. The van der Waals surface area contributed by atoms with Crippen molar-refractivity contribution in [3.05, 3.63) is 47.6 Å². The van der Waals surface area contributed by atoms with Crippen LogP contribution in [0.25, 0.3) is 6.08 Å². The molecule has 4 aliphatic carbocycles. The Morgan fingerprint density at radius 1 is 1.11 bits per heavy atom. The lowest BCUT2D eigenvalue weighted by Crippen LogP contribution is -2.56. The lowest BCUT2D eigenvalue weighted by molar-refractivity contribution is -0.134. The Morgan fingerprint density at radius 2 is 1.81 bits per heavy atom. The summed E-state index contributed by atoms with van der Waals surface area (Å²) in [6, 6.07) is 8.08. The number of methoxy groups -OCH3 is 1. The molecule has 1 aromatic heterocycles. The summed E-state index contributed by atoms with van der Waals surface area (Å²) in [5.74, 6) is 1.44. The zero-order valence-electron chi connectivity index (χ0n) is 22.4. The number of fused-ring (bicyclic) bond motifs is 3. The SMILES string of the molecule is COC(=O)/C=C/c1cccc(N(C(=O)C2CCCCC2)C(C)C23CCC(c4nc(C)no4)(CC2)CC3)c1. The fraction of sp³-hybridized carbons (Fsp3) is 0.600. The van der Waals surface area contributed by atoms with Gasteiger partial charge >= 0.3 is 5.97 Å². The van der Waals surface area contributed by atoms with Gasteiger partial charge in [0.15, 0.2) is 5.82 Å². The maximum Gasteiger partial charge on any atom is 0.330 e. The number of aromatic nitrogens is 2. The highest BCUT2D eigenvalue weighted by molar-refractivity contribution is 5.96. The number of esters is 1. The minimum absolute atomic E-state index is 0.0143. The smallest absolute Gasteiger partial charge is 0.330 e. The fourth-order valence-corrected chi connectivity index (χ4v) is 7.05. The molecule has 0 saturated heterocycles. The van der Waals surface area contributed by atoms with E-state index in [-0.39, 0.29) is 28.7 Å². The van der Waals surface area contributed by atoms with E-state index in [0.717, 1.165) is 81.3 Å². The average Bonchev–Trinajstić information content (AvgIpc) is 3.40. The summed E-state index contributed by atoms with van der Waals surface area (Å²) in [6.45, 7) is 4.14. The average molecular weight is 506 g/mol. The first-order chi connectivity index (χ1) is 17.9. The van der Waals surface area contributed by atoms with Gasteiger partial charge in [0.05, 0.1) is 7.11 Å². The fourth-order valence-electron chi connectivity index (χ4n) is 7.05. The number of benzene rings is 1. The minimum atomic E-state index is -0.392. The third-order valence-electron chi connectivity index (χ3n) is 9.51. The zero-order chi connectivity index (χ0) is 26.0. The quantitative estimate of drug-likeness (QED) is 0.331. The Balaban J connectivity index is 1.44. The van der Waals surface area contributed by atoms with Crippen molar-refractivity contribution in [2.45, 2.75) is 95.9 Å². The van der Waals surface area contributed by atoms with Gasteiger partial charge in [-0.3, -0.25) is 4.79 Å². The number of carbonyl (C=O) groups is 2. The molecule has 4 aliphatic rings. The zero-order valence-corrected chi connectivity index (χ0v) is 22.4. The largest absolute Gasteiger partial charge is 0.466 e. The Morgan fingerprint density at radius 3 is 2.43 bits per heavy atom. The number of aryl methyl sites for hydroxylation is 1. The number of anilines is 1. The highest BCUT2D eigenvalue weighted by atomic mass is 16.5. The molecular weight excluding hydrogens is 466 g/mol. The molecule has 0 aliphatic heterocycles. The molecule has 37 heavy (non-hydrogen) atoms. The summed E-state index contributed by atoms with van der Waals surface area (Å²) < 4.78 is 10.4. The molecule has 0 radical (unpaired) electrons. The van der Waals surface area contributed by atoms with Gasteiger partial charge in [-0.15, -0.1) is 0 Å². The molecule has 7 nitrogen and oxygen atoms in total. The first-order valence-electron chi connectivity index (χ1n) is 13.9. The molecule has 1 heterocycles. The molecular formula is C30H39N3O4. The first kappa shape index (κ1) is 25.7. The van der Waals surface area contributed by atoms with Gasteiger partial charge in [0.2, 0.25) is 11.8 Å². The standard InChI is InChI=1S/C30H39N3O4/c1-21(29-14-17-30(18-15-29,19-16-29)28-31-22(2)32-37-28)33(27(35)24-9-5-4-6-10-24)25-11-7-8-23(20-25)12-13-26(34)36-3/h7-8,11-13,20-21,24H,4-6,9-10,14-19H2,1-3H3/b13-12+. The molecule has 2 aromatic rings. The van der Waals surface area contributed by atoms with Crippen LogP contribution in [0.5, 0.6) is 0 Å². The van der Waals surface area contributed by atoms with Crippen molar-refractivity contribution in [3.8, 4) is 0 Å². The molecule has 1 unspecified atom stereocenters. The van der Waals surface area contributed by atoms with Crippen LogP contribution >= 0.6 is 0 Å². The van der Waals surface area contributed by atoms with Crippen molar-refractivity contribution in [1.82, 2.24) is 10.1 Å². The number of amides is 1. The van der Waals surface area contributed by atoms with E-state index < -0.39 is 5.97 Å². The summed E-state index contributed by atoms with van der Waals surface area (Å²) in [5, 5.41) is 4.06. The van der Waals surface area contributed by atoms with E-state index in [0.29, 0.717) is 5.82 Å². The van der Waals surface area contributed by atoms with Gasteiger partial charge in [-0.1, -0.05) is 36.6 Å². The van der Waals surface area contributed by atoms with Crippen LogP contribution in [-0.4, -0.2) is 35.2 Å². The summed E-state index contributed by atoms with van der Waals surface area (Å²) in [5.41, 5.74) is 1.85. The third kappa shape index (κ3) is 4.97. The maximum atomic E-state index is 14.2. The van der Waals surface area contributed by atoms with Crippen LogP contribution in [0.1, 0.15) is 94.8 Å². The molecule has 1 aromatic carbocycles. The van der Waals surface area contributed by atoms with Crippen LogP contribution in [0.3, 0.4) is 0 Å². The van der Waals surface area contributed by atoms with E-state index in [1.165, 1.54) is 19.6 Å². The summed E-state index contributed by atoms with van der Waals surface area (Å²) in [6.07, 6.45) is 14.8. The van der Waals surface area contributed by atoms with Crippen molar-refractivity contribution in [2.24, 2.45) is 11.3 Å². The predicted molar refractivity (Wildman–Crippen MR) is 142 cm³/mol. The van der Waals surface area contributed by atoms with E-state index in [1.807, 2.05) is 31.2 Å². The molecule has 0 N–H and O–H groups in total. The van der Waals surface area contributed by atoms with E-state index in [4.69, 9.17) is 9.26 Å². The monoisotopic (exact) mass is 505 g/mol. The van der Waals surface area contributed by atoms with Crippen LogP contribution in [0.2, 0.25) is 0 Å². The van der Waals surface area contributed by atoms with Crippen molar-refractivity contribution in [1.29, 1.82) is 0 Å². The highest BCUT2D eigenvalue weighted by Gasteiger charge is 2.55. The van der Waals surface area contributed by atoms with Crippen molar-refractivity contribution < 1.29 is 18.8 Å². The van der Waals surface area contributed by atoms with Gasteiger partial charge in [-0.05, 0) is 94.4 Å². The summed E-state index contributed by atoms with van der Waals surface area (Å²) in [7, 11) is 1.37. The molecule has 198 valence electrons. The molecule has 6 rings (SSSR count). The Hall–Kier alpha value is -2.96. The van der Waals surface area contributed by atoms with Gasteiger partial charge < -0.3 is 14.2 Å². The lowest BCUT2D eigenvalue weighted by atomic mass is 9.51. The highest BCUT2D eigenvalue weighted by Crippen LogP contribution is 2.59. The van der Waals surface area contributed by atoms with Crippen molar-refractivity contribution in [2.75, 3.05) is 12.0 Å². The van der Waals surface area contributed by atoms with E-state index in [1.54, 1.807) is 6.08 Å². The molecule has 2 bridgehead atoms. The summed E-state index contributed by atoms with van der Waals surface area (Å²) >= 11 is 0. The number of ether oxygens (including phenoxy) is 1. The molecule has 4 saturated carbocycles. The van der Waals surface area contributed by atoms with E-state index in [9.17, 15) is 9.59 Å². The maximum absolute atomic E-state index is 14.2. The Kier molecular flexibility index (Phi) is 7.24. The first-order valence-corrected chi connectivity index (χ1v) is 13.9. The van der Waals surface area contributed by atoms with Crippen molar-refractivity contribution >= 4 is 23.6 Å². The van der Waals surface area contributed by atoms with E-state index >= 15 is 0 Å². The van der Waals surface area contributed by atoms with Crippen molar-refractivity contribution in [3.63, 3.8) is 0 Å². The van der Waals surface area contributed by atoms with Crippen LogP contribution in [0, 0.1) is 18.3 Å². The second-order valence-electron chi connectivity index (χ2n) is 11.5. The molecule has 4 fully saturated rings. The normalized spacial score (nSPS) is 26.8.